The molecule has 0 saturated heterocycles. The lowest BCUT2D eigenvalue weighted by atomic mass is 10.1. The van der Waals surface area contributed by atoms with Gasteiger partial charge in [0.2, 0.25) is 10.0 Å². The van der Waals surface area contributed by atoms with Gasteiger partial charge in [-0.2, -0.15) is 0 Å². The number of ether oxygens (including phenoxy) is 2. The third-order valence-electron chi connectivity index (χ3n) is 7.63. The molecule has 0 heterocycles. The molecule has 0 fully saturated rings. The predicted octanol–water partition coefficient (Wildman–Crippen LogP) is 7.46. The molecule has 0 aromatic carbocycles. The van der Waals surface area contributed by atoms with Crippen molar-refractivity contribution in [2.75, 3.05) is 25.6 Å². The lowest BCUT2D eigenvalue weighted by Crippen LogP contribution is -2.42. The normalized spacial score (nSPS) is 12.3. The molecule has 45 heavy (non-hydrogen) atoms. The third kappa shape index (κ3) is 30.4. The maximum atomic E-state index is 12.5. The van der Waals surface area contributed by atoms with Crippen molar-refractivity contribution in [1.29, 1.82) is 0 Å². The number of carbonyl (C=O) groups is 1. The molecule has 258 valence electrons. The van der Waals surface area contributed by atoms with Crippen LogP contribution in [0.25, 0.3) is 0 Å². The van der Waals surface area contributed by atoms with Gasteiger partial charge in [-0.25, -0.2) is 13.1 Å². The molecule has 0 bridgehead atoms. The Labute approximate surface area is 276 Å². The zero-order valence-corrected chi connectivity index (χ0v) is 29.3. The summed E-state index contributed by atoms with van der Waals surface area (Å²) < 4.78 is 38.9. The fourth-order valence-electron chi connectivity index (χ4n) is 4.96. The second kappa shape index (κ2) is 31.9. The fraction of sp³-hybridized carbons (Fsp3) is 0.811. The zero-order chi connectivity index (χ0) is 33.3. The minimum Gasteiger partial charge on any atom is -0.461 e. The molecule has 2 unspecified atom stereocenters. The molecule has 0 saturated carbocycles. The van der Waals surface area contributed by atoms with Crippen LogP contribution in [0.1, 0.15) is 155 Å². The number of nitrogens with one attached hydrogen (secondary N) is 1. The average molecular weight is 650 g/mol. The van der Waals surface area contributed by atoms with Gasteiger partial charge in [-0.05, 0) is 36.5 Å². The van der Waals surface area contributed by atoms with Gasteiger partial charge >= 0.3 is 5.97 Å². The monoisotopic (exact) mass is 649 g/mol. The zero-order valence-electron chi connectivity index (χ0n) is 28.5. The Balaban J connectivity index is 4.41. The number of esters is 1. The minimum atomic E-state index is -3.51. The summed E-state index contributed by atoms with van der Waals surface area (Å²) in [4.78, 5) is 12.5. The van der Waals surface area contributed by atoms with E-state index in [1.807, 2.05) is 0 Å². The second-order valence-electron chi connectivity index (χ2n) is 12.0. The van der Waals surface area contributed by atoms with Crippen molar-refractivity contribution in [3.05, 3.63) is 0 Å². The number of unbranched alkanes of at least 4 members (excludes halogenated alkanes) is 17. The summed E-state index contributed by atoms with van der Waals surface area (Å²) in [7, 11) is -3.51. The Morgan fingerprint density at radius 2 is 1.31 bits per heavy atom. The first-order chi connectivity index (χ1) is 21.9. The molecule has 0 radical (unpaired) electrons. The van der Waals surface area contributed by atoms with E-state index in [9.17, 15) is 18.3 Å². The third-order valence-corrected chi connectivity index (χ3v) is 9.15. The number of rotatable bonds is 31. The molecule has 0 aliphatic rings. The molecule has 0 rings (SSSR count). The highest BCUT2D eigenvalue weighted by molar-refractivity contribution is 7.89. The molecule has 0 aliphatic carbocycles. The highest BCUT2D eigenvalue weighted by Gasteiger charge is 2.18. The molecule has 0 aromatic heterocycles. The van der Waals surface area contributed by atoms with E-state index < -0.39 is 22.2 Å². The van der Waals surface area contributed by atoms with Gasteiger partial charge in [-0.15, -0.1) is 6.42 Å². The van der Waals surface area contributed by atoms with E-state index in [1.165, 1.54) is 77.0 Å². The van der Waals surface area contributed by atoms with Gasteiger partial charge in [0.1, 0.15) is 6.10 Å². The van der Waals surface area contributed by atoms with Gasteiger partial charge in [-0.1, -0.05) is 129 Å². The van der Waals surface area contributed by atoms with Crippen LogP contribution in [-0.4, -0.2) is 57.2 Å². The molecular formula is C37H63NO6S. The van der Waals surface area contributed by atoms with Crippen molar-refractivity contribution in [2.24, 2.45) is 0 Å². The van der Waals surface area contributed by atoms with Crippen molar-refractivity contribution in [2.45, 2.75) is 167 Å². The number of terminal acetylenes is 1. The Kier molecular flexibility index (Phi) is 30.5. The Morgan fingerprint density at radius 1 is 0.778 bits per heavy atom. The van der Waals surface area contributed by atoms with Crippen molar-refractivity contribution in [1.82, 2.24) is 4.72 Å². The first kappa shape index (κ1) is 43.0. The summed E-state index contributed by atoms with van der Waals surface area (Å²) in [6.07, 6.45) is 27.5. The maximum Gasteiger partial charge on any atom is 0.306 e. The molecule has 0 spiro atoms. The standard InChI is InChI=1S/C37H63NO6S/c1-4-7-10-13-15-17-19-21-24-27-32-45(41,42)38-35(33-39)34-43-31-30-36(28-25-22-12-9-6-3)44-37(40)29-26-23-20-18-16-14-11-8-5-2/h3,35-36,38-39H,4-5,7-8,10-11,13-21,23-24,26-34H2,1-2H3. The molecular weight excluding hydrogens is 586 g/mol. The second-order valence-corrected chi connectivity index (χ2v) is 13.8. The van der Waals surface area contributed by atoms with Gasteiger partial charge in [0.05, 0.1) is 31.6 Å². The SMILES string of the molecule is C#CC#CC#CCC(CCOCC(CO)NS(=O)(=O)CCCCCCCCCCCC)OC(=O)CCCCCCCCCCC. The highest BCUT2D eigenvalue weighted by Crippen LogP contribution is 2.13. The van der Waals surface area contributed by atoms with E-state index in [-0.39, 0.29) is 31.5 Å². The van der Waals surface area contributed by atoms with Crippen LogP contribution in [-0.2, 0) is 24.3 Å². The van der Waals surface area contributed by atoms with Crippen molar-refractivity contribution < 1.29 is 27.8 Å². The molecule has 0 aliphatic heterocycles. The van der Waals surface area contributed by atoms with Crippen LogP contribution in [0, 0.1) is 36.0 Å². The van der Waals surface area contributed by atoms with E-state index in [0.29, 0.717) is 25.7 Å². The number of hydrogen-bond acceptors (Lipinski definition) is 6. The number of hydrogen-bond donors (Lipinski definition) is 2. The Hall–Kier alpha value is -2.02. The summed E-state index contributed by atoms with van der Waals surface area (Å²) in [5, 5.41) is 9.71. The van der Waals surface area contributed by atoms with Gasteiger partial charge in [0, 0.05) is 19.3 Å². The van der Waals surface area contributed by atoms with E-state index in [4.69, 9.17) is 15.9 Å². The summed E-state index contributed by atoms with van der Waals surface area (Å²) in [5.74, 6) is 12.5. The summed E-state index contributed by atoms with van der Waals surface area (Å²) >= 11 is 0. The summed E-state index contributed by atoms with van der Waals surface area (Å²) in [6, 6.07) is -0.732. The van der Waals surface area contributed by atoms with Crippen LogP contribution < -0.4 is 4.72 Å². The topological polar surface area (TPSA) is 102 Å². The van der Waals surface area contributed by atoms with Crippen molar-refractivity contribution in [3.8, 4) is 36.0 Å². The van der Waals surface area contributed by atoms with E-state index in [2.05, 4.69) is 48.2 Å². The maximum absolute atomic E-state index is 12.5. The Morgan fingerprint density at radius 3 is 1.84 bits per heavy atom. The van der Waals surface area contributed by atoms with Crippen LogP contribution in [0.3, 0.4) is 0 Å². The van der Waals surface area contributed by atoms with Crippen LogP contribution in [0.5, 0.6) is 0 Å². The summed E-state index contributed by atoms with van der Waals surface area (Å²) in [6.45, 7) is 4.31. The van der Waals surface area contributed by atoms with E-state index >= 15 is 0 Å². The molecule has 7 nitrogen and oxygen atoms in total. The van der Waals surface area contributed by atoms with Gasteiger partial charge in [0.15, 0.2) is 0 Å². The summed E-state index contributed by atoms with van der Waals surface area (Å²) in [5.41, 5.74) is 0. The van der Waals surface area contributed by atoms with E-state index in [1.54, 1.807) is 0 Å². The highest BCUT2D eigenvalue weighted by atomic mass is 32.2. The number of aliphatic hydroxyl groups is 1. The van der Waals surface area contributed by atoms with Crippen molar-refractivity contribution >= 4 is 16.0 Å². The lowest BCUT2D eigenvalue weighted by Gasteiger charge is -2.19. The number of aliphatic hydroxyl groups excluding tert-OH is 1. The quantitative estimate of drug-likeness (QED) is 0.0459. The number of carbonyl (C=O) groups excluding carboxylic acids is 1. The molecule has 2 N–H and O–H groups in total. The largest absolute Gasteiger partial charge is 0.461 e. The molecule has 0 amide bonds. The smallest absolute Gasteiger partial charge is 0.306 e. The van der Waals surface area contributed by atoms with Gasteiger partial charge in [0.25, 0.3) is 0 Å². The van der Waals surface area contributed by atoms with Crippen LogP contribution in [0.2, 0.25) is 0 Å². The van der Waals surface area contributed by atoms with Gasteiger partial charge < -0.3 is 14.6 Å². The Bertz CT molecular complexity index is 982. The minimum absolute atomic E-state index is 0.0200. The first-order valence-corrected chi connectivity index (χ1v) is 19.3. The molecule has 0 aromatic rings. The molecule has 8 heteroatoms. The molecule has 2 atom stereocenters. The van der Waals surface area contributed by atoms with Crippen LogP contribution in [0.4, 0.5) is 0 Å². The van der Waals surface area contributed by atoms with Crippen LogP contribution >= 0.6 is 0 Å². The van der Waals surface area contributed by atoms with Crippen LogP contribution in [0.15, 0.2) is 0 Å². The first-order valence-electron chi connectivity index (χ1n) is 17.7. The lowest BCUT2D eigenvalue weighted by molar-refractivity contribution is -0.149. The average Bonchev–Trinajstić information content (AvgIpc) is 3.02. The van der Waals surface area contributed by atoms with Gasteiger partial charge in [-0.3, -0.25) is 4.79 Å². The predicted molar refractivity (Wildman–Crippen MR) is 186 cm³/mol. The fourth-order valence-corrected chi connectivity index (χ4v) is 6.31. The van der Waals surface area contributed by atoms with Crippen molar-refractivity contribution in [3.63, 3.8) is 0 Å². The number of sulfonamides is 1. The van der Waals surface area contributed by atoms with E-state index in [0.717, 1.165) is 38.5 Å².